The molecular weight excluding hydrogens is 382 g/mol. The lowest BCUT2D eigenvalue weighted by Crippen LogP contribution is -2.37. The average Bonchev–Trinajstić information content (AvgIpc) is 2.93. The molecule has 0 unspecified atom stereocenters. The summed E-state index contributed by atoms with van der Waals surface area (Å²) in [7, 11) is 0. The normalized spacial score (nSPS) is 44.0. The predicted molar refractivity (Wildman–Crippen MR) is 70.4 cm³/mol. The van der Waals surface area contributed by atoms with Crippen LogP contribution in [0, 0.1) is 23.7 Å². The Morgan fingerprint density at radius 1 is 1.16 bits per heavy atom. The fraction of sp³-hybridized carbons (Fsp3) is 0.750. The van der Waals surface area contributed by atoms with Crippen LogP contribution in [0.15, 0.2) is 0 Å². The highest BCUT2D eigenvalue weighted by molar-refractivity contribution is 9.12. The Hall–Kier alpha value is -0.430. The second-order valence-corrected chi connectivity index (χ2v) is 7.57. The van der Waals surface area contributed by atoms with Crippen LogP contribution in [0.1, 0.15) is 12.8 Å². The van der Waals surface area contributed by atoms with Crippen molar-refractivity contribution in [2.24, 2.45) is 23.7 Å². The smallest absolute Gasteiger partial charge is 0.233 e. The molecular formula is C12H12Br2NO4-. The van der Waals surface area contributed by atoms with Crippen molar-refractivity contribution in [3.8, 4) is 0 Å². The van der Waals surface area contributed by atoms with E-state index in [-0.39, 0.29) is 58.1 Å². The molecule has 2 amide bonds. The van der Waals surface area contributed by atoms with Crippen molar-refractivity contribution < 1.29 is 19.5 Å². The molecule has 1 saturated heterocycles. The molecule has 3 rings (SSSR count). The van der Waals surface area contributed by atoms with E-state index in [9.17, 15) is 19.5 Å². The molecule has 0 radical (unpaired) electrons. The van der Waals surface area contributed by atoms with Gasteiger partial charge >= 0.3 is 0 Å². The maximum atomic E-state index is 12.3. The van der Waals surface area contributed by atoms with Crippen molar-refractivity contribution in [2.75, 3.05) is 6.54 Å². The third-order valence-electron chi connectivity index (χ3n) is 4.62. The van der Waals surface area contributed by atoms with Gasteiger partial charge in [0.05, 0.1) is 11.8 Å². The van der Waals surface area contributed by atoms with Gasteiger partial charge in [0.25, 0.3) is 0 Å². The monoisotopic (exact) mass is 392 g/mol. The second-order valence-electron chi connectivity index (χ2n) is 5.45. The van der Waals surface area contributed by atoms with Gasteiger partial charge in [0.1, 0.15) is 0 Å². The number of likely N-dealkylation sites (tertiary alicyclic amines) is 1. The maximum Gasteiger partial charge on any atom is 0.233 e. The van der Waals surface area contributed by atoms with Gasteiger partial charge in [-0.15, -0.1) is 0 Å². The van der Waals surface area contributed by atoms with Crippen LogP contribution in [0.5, 0.6) is 0 Å². The van der Waals surface area contributed by atoms with E-state index < -0.39 is 5.97 Å². The van der Waals surface area contributed by atoms with Gasteiger partial charge in [0, 0.05) is 28.6 Å². The van der Waals surface area contributed by atoms with Gasteiger partial charge in [-0.25, -0.2) is 0 Å². The molecule has 3 aliphatic rings. The Bertz CT molecular complexity index is 437. The van der Waals surface area contributed by atoms with Gasteiger partial charge < -0.3 is 9.90 Å². The number of halogens is 2. The van der Waals surface area contributed by atoms with Crippen molar-refractivity contribution in [1.82, 2.24) is 4.90 Å². The van der Waals surface area contributed by atoms with Crippen LogP contribution in [-0.2, 0) is 14.4 Å². The number of rotatable bonds is 3. The summed E-state index contributed by atoms with van der Waals surface area (Å²) in [5.41, 5.74) is 0. The molecule has 104 valence electrons. The summed E-state index contributed by atoms with van der Waals surface area (Å²) in [6, 6.07) is 0. The van der Waals surface area contributed by atoms with Crippen LogP contribution >= 0.6 is 31.9 Å². The molecule has 6 atom stereocenters. The Morgan fingerprint density at radius 3 is 2.05 bits per heavy atom. The first kappa shape index (κ1) is 13.5. The number of carbonyl (C=O) groups excluding carboxylic acids is 3. The number of amides is 2. The minimum atomic E-state index is -1.24. The zero-order chi connectivity index (χ0) is 13.9. The number of carbonyl (C=O) groups is 3. The summed E-state index contributed by atoms with van der Waals surface area (Å²) in [6.45, 7) is -0.0632. The number of aliphatic carboxylic acids is 1. The lowest BCUT2D eigenvalue weighted by Gasteiger charge is -2.28. The fourth-order valence-corrected chi connectivity index (χ4v) is 5.71. The summed E-state index contributed by atoms with van der Waals surface area (Å²) < 4.78 is 0. The summed E-state index contributed by atoms with van der Waals surface area (Å²) in [6.07, 6.45) is 0.592. The lowest BCUT2D eigenvalue weighted by atomic mass is 9.81. The molecule has 0 aromatic carbocycles. The van der Waals surface area contributed by atoms with Crippen LogP contribution < -0.4 is 5.11 Å². The summed E-state index contributed by atoms with van der Waals surface area (Å²) in [4.78, 5) is 36.6. The van der Waals surface area contributed by atoms with Gasteiger partial charge in [-0.05, 0) is 18.3 Å². The van der Waals surface area contributed by atoms with E-state index >= 15 is 0 Å². The van der Waals surface area contributed by atoms with E-state index in [4.69, 9.17) is 0 Å². The first-order valence-electron chi connectivity index (χ1n) is 6.26. The lowest BCUT2D eigenvalue weighted by molar-refractivity contribution is -0.305. The van der Waals surface area contributed by atoms with Crippen LogP contribution in [0.2, 0.25) is 0 Å². The summed E-state index contributed by atoms with van der Waals surface area (Å²) in [5, 5.41) is 10.5. The summed E-state index contributed by atoms with van der Waals surface area (Å²) in [5.74, 6) is -1.83. The molecule has 7 heteroatoms. The van der Waals surface area contributed by atoms with Crippen molar-refractivity contribution in [3.63, 3.8) is 0 Å². The molecule has 0 aromatic heterocycles. The van der Waals surface area contributed by atoms with Crippen LogP contribution in [0.4, 0.5) is 0 Å². The van der Waals surface area contributed by atoms with E-state index in [2.05, 4.69) is 31.9 Å². The van der Waals surface area contributed by atoms with E-state index in [1.165, 1.54) is 0 Å². The number of hydrogen-bond donors (Lipinski definition) is 0. The SMILES string of the molecule is O=C([O-])CCN1C(=O)[C@@H]2[C@@H]3C[C@@H]([C@H](Br)[C@@H]3Br)[C@H]2C1=O. The minimum absolute atomic E-state index is 0.0632. The molecule has 2 saturated carbocycles. The van der Waals surface area contributed by atoms with Crippen LogP contribution in [0.3, 0.4) is 0 Å². The highest BCUT2D eigenvalue weighted by Crippen LogP contribution is 2.60. The molecule has 3 fully saturated rings. The molecule has 19 heavy (non-hydrogen) atoms. The Kier molecular flexibility index (Phi) is 3.24. The zero-order valence-corrected chi connectivity index (χ0v) is 13.1. The number of alkyl halides is 2. The Balaban J connectivity index is 1.83. The number of nitrogens with zero attached hydrogens (tertiary/aromatic N) is 1. The molecule has 1 aliphatic heterocycles. The first-order chi connectivity index (χ1) is 8.93. The van der Waals surface area contributed by atoms with Gasteiger partial charge in [0.2, 0.25) is 11.8 Å². The number of fused-ring (bicyclic) bond motifs is 5. The molecule has 5 nitrogen and oxygen atoms in total. The van der Waals surface area contributed by atoms with E-state index in [0.29, 0.717) is 0 Å². The largest absolute Gasteiger partial charge is 0.550 e. The molecule has 2 aliphatic carbocycles. The van der Waals surface area contributed by atoms with Gasteiger partial charge in [-0.2, -0.15) is 0 Å². The molecule has 2 bridgehead atoms. The van der Waals surface area contributed by atoms with E-state index in [1.54, 1.807) is 0 Å². The van der Waals surface area contributed by atoms with Crippen molar-refractivity contribution in [2.45, 2.75) is 22.5 Å². The van der Waals surface area contributed by atoms with Crippen molar-refractivity contribution >= 4 is 49.6 Å². The quantitative estimate of drug-likeness (QED) is 0.495. The highest BCUT2D eigenvalue weighted by atomic mass is 79.9. The molecule has 1 heterocycles. The number of hydrogen-bond acceptors (Lipinski definition) is 4. The van der Waals surface area contributed by atoms with E-state index in [1.807, 2.05) is 0 Å². The van der Waals surface area contributed by atoms with Gasteiger partial charge in [0.15, 0.2) is 0 Å². The highest BCUT2D eigenvalue weighted by Gasteiger charge is 2.66. The average molecular weight is 394 g/mol. The fourth-order valence-electron chi connectivity index (χ4n) is 3.83. The van der Waals surface area contributed by atoms with E-state index in [0.717, 1.165) is 11.3 Å². The number of carboxylic acid groups (broad SMARTS) is 1. The van der Waals surface area contributed by atoms with Crippen LogP contribution in [-0.4, -0.2) is 38.9 Å². The molecule has 0 spiro atoms. The number of imide groups is 1. The Morgan fingerprint density at radius 2 is 1.63 bits per heavy atom. The van der Waals surface area contributed by atoms with Gasteiger partial charge in [-0.1, -0.05) is 31.9 Å². The van der Waals surface area contributed by atoms with Crippen molar-refractivity contribution in [3.05, 3.63) is 0 Å². The summed E-state index contributed by atoms with van der Waals surface area (Å²) >= 11 is 7.19. The maximum absolute atomic E-state index is 12.3. The Labute approximate surface area is 127 Å². The third kappa shape index (κ3) is 1.81. The first-order valence-corrected chi connectivity index (χ1v) is 8.10. The van der Waals surface area contributed by atoms with Gasteiger partial charge in [-0.3, -0.25) is 14.5 Å². The standard InChI is InChI=1S/C12H13Br2NO4/c13-9-4-3-5(10(9)14)8-7(4)11(18)15(12(8)19)2-1-6(16)17/h4-5,7-10H,1-3H2,(H,16,17)/p-1/t4-,5+,7-,8-,9+,10-/m1/s1. The third-order valence-corrected chi connectivity index (χ3v) is 7.82. The predicted octanol–water partition coefficient (Wildman–Crippen LogP) is -0.0957. The molecule has 0 aromatic rings. The zero-order valence-electron chi connectivity index (χ0n) is 9.92. The van der Waals surface area contributed by atoms with Crippen LogP contribution in [0.25, 0.3) is 0 Å². The topological polar surface area (TPSA) is 77.5 Å². The minimum Gasteiger partial charge on any atom is -0.550 e. The number of carboxylic acids is 1. The van der Waals surface area contributed by atoms with Crippen molar-refractivity contribution in [1.29, 1.82) is 0 Å². The second kappa shape index (κ2) is 4.55. The molecule has 0 N–H and O–H groups in total.